The summed E-state index contributed by atoms with van der Waals surface area (Å²) in [6, 6.07) is 0. The van der Waals surface area contributed by atoms with E-state index in [0.717, 1.165) is 12.8 Å². The number of ketones is 2. The van der Waals surface area contributed by atoms with Crippen molar-refractivity contribution in [3.63, 3.8) is 0 Å². The predicted octanol–water partition coefficient (Wildman–Crippen LogP) is 2.13. The van der Waals surface area contributed by atoms with Crippen molar-refractivity contribution in [2.24, 2.45) is 14.1 Å². The molecule has 0 saturated heterocycles. The number of nitrogens with zero attached hydrogens (tertiary/aromatic N) is 8. The number of aromatic nitrogens is 8. The van der Waals surface area contributed by atoms with Crippen molar-refractivity contribution in [1.82, 2.24) is 37.4 Å². The molecule has 14 heteroatoms. The average molecular weight is 613 g/mol. The van der Waals surface area contributed by atoms with Gasteiger partial charge in [-0.05, 0) is 52.4 Å². The van der Waals surface area contributed by atoms with Crippen LogP contribution in [0.1, 0.15) is 79.1 Å². The smallest absolute Gasteiger partial charge is 0.325 e. The maximum Gasteiger partial charge on any atom is 0.332 e. The standard InChI is InChI=1S/2C15H22N4O3/c2*1-4-8-18-10-16-13-12(18)14(21)19(15(22)17(13)3)9-6-5-7-11(2)20/h2*10H,4-9H2,1-3H3. The van der Waals surface area contributed by atoms with Crippen LogP contribution in [0.25, 0.3) is 22.3 Å². The summed E-state index contributed by atoms with van der Waals surface area (Å²) in [5, 5.41) is 0. The lowest BCUT2D eigenvalue weighted by molar-refractivity contribution is -0.118. The van der Waals surface area contributed by atoms with Gasteiger partial charge < -0.3 is 18.7 Å². The number of rotatable bonds is 14. The lowest BCUT2D eigenvalue weighted by Crippen LogP contribution is -2.39. The second kappa shape index (κ2) is 15.4. The number of hydrogen-bond donors (Lipinski definition) is 0. The van der Waals surface area contributed by atoms with E-state index in [1.54, 1.807) is 49.7 Å². The summed E-state index contributed by atoms with van der Waals surface area (Å²) >= 11 is 0. The molecule has 0 saturated carbocycles. The highest BCUT2D eigenvalue weighted by Crippen LogP contribution is 2.08. The number of fused-ring (bicyclic) bond motifs is 2. The first-order valence-corrected chi connectivity index (χ1v) is 15.2. The van der Waals surface area contributed by atoms with Gasteiger partial charge in [-0.15, -0.1) is 0 Å². The van der Waals surface area contributed by atoms with Gasteiger partial charge in [0, 0.05) is 53.1 Å². The summed E-state index contributed by atoms with van der Waals surface area (Å²) in [5.41, 5.74) is 0.459. The van der Waals surface area contributed by atoms with Crippen molar-refractivity contribution in [3.05, 3.63) is 54.3 Å². The fraction of sp³-hybridized carbons (Fsp3) is 0.600. The Kier molecular flexibility index (Phi) is 11.9. The molecule has 14 nitrogen and oxygen atoms in total. The van der Waals surface area contributed by atoms with E-state index in [-0.39, 0.29) is 34.1 Å². The van der Waals surface area contributed by atoms with Crippen LogP contribution in [0.15, 0.2) is 31.8 Å². The van der Waals surface area contributed by atoms with E-state index < -0.39 is 0 Å². The van der Waals surface area contributed by atoms with Crippen LogP contribution in [0.5, 0.6) is 0 Å². The van der Waals surface area contributed by atoms with Crippen LogP contribution in [0.3, 0.4) is 0 Å². The minimum Gasteiger partial charge on any atom is -0.325 e. The van der Waals surface area contributed by atoms with Gasteiger partial charge in [0.15, 0.2) is 22.3 Å². The summed E-state index contributed by atoms with van der Waals surface area (Å²) in [7, 11) is 3.25. The van der Waals surface area contributed by atoms with Crippen LogP contribution in [-0.4, -0.2) is 48.9 Å². The topological polar surface area (TPSA) is 158 Å². The SMILES string of the molecule is CCCn1cnc2c1c(=O)n(CCCCC(C)=O)c(=O)n2C.CCCn1cnc2c1c(=O)n(CCCCC(C)=O)c(=O)n2C. The van der Waals surface area contributed by atoms with E-state index in [1.807, 2.05) is 13.8 Å². The van der Waals surface area contributed by atoms with Gasteiger partial charge in [-0.25, -0.2) is 19.6 Å². The van der Waals surface area contributed by atoms with Crippen molar-refractivity contribution < 1.29 is 9.59 Å². The van der Waals surface area contributed by atoms with Crippen molar-refractivity contribution in [1.29, 1.82) is 0 Å². The molecule has 4 aromatic rings. The maximum absolute atomic E-state index is 12.6. The highest BCUT2D eigenvalue weighted by Gasteiger charge is 2.17. The Morgan fingerprint density at radius 2 is 0.977 bits per heavy atom. The van der Waals surface area contributed by atoms with Crippen LogP contribution in [0.2, 0.25) is 0 Å². The third kappa shape index (κ3) is 7.58. The Morgan fingerprint density at radius 3 is 1.30 bits per heavy atom. The Labute approximate surface area is 254 Å². The Morgan fingerprint density at radius 1 is 0.614 bits per heavy atom. The molecule has 0 aliphatic rings. The van der Waals surface area contributed by atoms with Crippen LogP contribution < -0.4 is 22.5 Å². The van der Waals surface area contributed by atoms with Gasteiger partial charge in [0.25, 0.3) is 11.1 Å². The molecule has 0 aromatic carbocycles. The molecular formula is C30H44N8O6. The van der Waals surface area contributed by atoms with Crippen molar-refractivity contribution >= 4 is 33.9 Å². The quantitative estimate of drug-likeness (QED) is 0.196. The molecule has 0 atom stereocenters. The molecule has 0 radical (unpaired) electrons. The van der Waals surface area contributed by atoms with Crippen molar-refractivity contribution in [2.75, 3.05) is 0 Å². The summed E-state index contributed by atoms with van der Waals surface area (Å²) in [5.74, 6) is 0.244. The number of unbranched alkanes of at least 4 members (excludes halogenated alkanes) is 2. The first kappa shape index (κ1) is 34.1. The predicted molar refractivity (Wildman–Crippen MR) is 168 cm³/mol. The lowest BCUT2D eigenvalue weighted by Gasteiger charge is -2.09. The summed E-state index contributed by atoms with van der Waals surface area (Å²) < 4.78 is 8.90. The van der Waals surface area contributed by atoms with Crippen LogP contribution >= 0.6 is 0 Å². The largest absolute Gasteiger partial charge is 0.332 e. The monoisotopic (exact) mass is 612 g/mol. The molecule has 4 heterocycles. The number of carbonyl (C=O) groups is 2. The van der Waals surface area contributed by atoms with Crippen LogP contribution in [0, 0.1) is 0 Å². The first-order valence-electron chi connectivity index (χ1n) is 15.2. The van der Waals surface area contributed by atoms with Crippen molar-refractivity contribution in [3.8, 4) is 0 Å². The molecule has 44 heavy (non-hydrogen) atoms. The van der Waals surface area contributed by atoms with Crippen LogP contribution in [0.4, 0.5) is 0 Å². The molecule has 0 fully saturated rings. The lowest BCUT2D eigenvalue weighted by atomic mass is 10.2. The third-order valence-corrected chi connectivity index (χ3v) is 7.45. The molecule has 4 aromatic heterocycles. The molecule has 0 unspecified atom stereocenters. The number of Topliss-reactive ketones (excluding diaryl/α,β-unsaturated/α-hetero) is 2. The molecule has 0 spiro atoms. The molecule has 0 aliphatic heterocycles. The molecule has 0 aliphatic carbocycles. The van der Waals surface area contributed by atoms with Gasteiger partial charge in [0.2, 0.25) is 0 Å². The molecule has 0 N–H and O–H groups in total. The zero-order valence-electron chi connectivity index (χ0n) is 26.7. The minimum absolute atomic E-state index is 0.122. The zero-order valence-corrected chi connectivity index (χ0v) is 26.7. The van der Waals surface area contributed by atoms with E-state index >= 15 is 0 Å². The molecular weight excluding hydrogens is 568 g/mol. The number of aryl methyl sites for hydroxylation is 4. The fourth-order valence-corrected chi connectivity index (χ4v) is 5.15. The highest BCUT2D eigenvalue weighted by molar-refractivity contribution is 5.75. The summed E-state index contributed by atoms with van der Waals surface area (Å²) in [6.07, 6.45) is 8.54. The van der Waals surface area contributed by atoms with E-state index in [4.69, 9.17) is 0 Å². The maximum atomic E-state index is 12.6. The van der Waals surface area contributed by atoms with E-state index in [9.17, 15) is 28.8 Å². The Bertz CT molecular complexity index is 1730. The third-order valence-electron chi connectivity index (χ3n) is 7.45. The van der Waals surface area contributed by atoms with E-state index in [0.29, 0.717) is 87.0 Å². The van der Waals surface area contributed by atoms with Gasteiger partial charge in [0.05, 0.1) is 12.7 Å². The highest BCUT2D eigenvalue weighted by atomic mass is 16.2. The second-order valence-electron chi connectivity index (χ2n) is 11.1. The second-order valence-corrected chi connectivity index (χ2v) is 11.1. The van der Waals surface area contributed by atoms with Crippen molar-refractivity contribution in [2.45, 2.75) is 105 Å². The Balaban J connectivity index is 0.000000240. The van der Waals surface area contributed by atoms with Gasteiger partial charge in [0.1, 0.15) is 11.6 Å². The Hall–Kier alpha value is -4.36. The van der Waals surface area contributed by atoms with Gasteiger partial charge >= 0.3 is 11.4 Å². The number of carbonyl (C=O) groups excluding carboxylic acids is 2. The summed E-state index contributed by atoms with van der Waals surface area (Å²) in [6.45, 7) is 9.16. The fourth-order valence-electron chi connectivity index (χ4n) is 5.15. The van der Waals surface area contributed by atoms with Crippen LogP contribution in [-0.2, 0) is 49.9 Å². The summed E-state index contributed by atoms with van der Waals surface area (Å²) in [4.78, 5) is 80.1. The molecule has 0 amide bonds. The minimum atomic E-state index is -0.359. The zero-order chi connectivity index (χ0) is 32.6. The van der Waals surface area contributed by atoms with Gasteiger partial charge in [-0.3, -0.25) is 27.9 Å². The number of imidazole rings is 2. The molecule has 0 bridgehead atoms. The number of hydrogen-bond acceptors (Lipinski definition) is 8. The van der Waals surface area contributed by atoms with E-state index in [2.05, 4.69) is 9.97 Å². The molecule has 4 rings (SSSR count). The molecule has 240 valence electrons. The average Bonchev–Trinajstić information content (AvgIpc) is 3.59. The first-order chi connectivity index (χ1) is 20.9. The normalized spacial score (nSPS) is 11.2. The van der Waals surface area contributed by atoms with E-state index in [1.165, 1.54) is 18.3 Å². The van der Waals surface area contributed by atoms with Gasteiger partial charge in [-0.2, -0.15) is 0 Å². The van der Waals surface area contributed by atoms with Gasteiger partial charge in [-0.1, -0.05) is 13.8 Å².